The van der Waals surface area contributed by atoms with Gasteiger partial charge in [-0.05, 0) is 63.7 Å². The molecule has 0 bridgehead atoms. The molecule has 0 amide bonds. The monoisotopic (exact) mass is 378 g/mol. The average molecular weight is 379 g/mol. The van der Waals surface area contributed by atoms with Crippen LogP contribution >= 0.6 is 0 Å². The Balaban J connectivity index is 1.65. The number of ether oxygens (including phenoxy) is 1. The zero-order valence-corrected chi connectivity index (χ0v) is 16.6. The first kappa shape index (κ1) is 19.4. The molecule has 4 rings (SSSR count). The van der Waals surface area contributed by atoms with E-state index in [1.807, 2.05) is 6.92 Å². The number of hydrogen-bond acceptors (Lipinski definition) is 5. The summed E-state index contributed by atoms with van der Waals surface area (Å²) in [4.78, 5) is 12.5. The van der Waals surface area contributed by atoms with E-state index in [1.54, 1.807) is 0 Å². The highest BCUT2D eigenvalue weighted by molar-refractivity contribution is 5.75. The van der Waals surface area contributed by atoms with Crippen LogP contribution in [0.2, 0.25) is 0 Å². The molecule has 0 radical (unpaired) electrons. The lowest BCUT2D eigenvalue weighted by molar-refractivity contribution is -0.224. The average Bonchev–Trinajstić information content (AvgIpc) is 2.98. The number of aliphatic hydroxyl groups excluding tert-OH is 2. The van der Waals surface area contributed by atoms with E-state index in [2.05, 4.69) is 13.0 Å². The zero-order chi connectivity index (χ0) is 19.4. The number of rotatable bonds is 3. The predicted octanol–water partition coefficient (Wildman–Crippen LogP) is 2.58. The van der Waals surface area contributed by atoms with Crippen LogP contribution < -0.4 is 0 Å². The quantitative estimate of drug-likeness (QED) is 0.519. The fraction of sp³-hybridized carbons (Fsp3) is 0.864. The number of allylic oxidation sites excluding steroid dienone is 2. The van der Waals surface area contributed by atoms with Crippen LogP contribution in [0.1, 0.15) is 65.2 Å². The van der Waals surface area contributed by atoms with Gasteiger partial charge in [-0.3, -0.25) is 4.79 Å². The van der Waals surface area contributed by atoms with Gasteiger partial charge in [-0.1, -0.05) is 18.6 Å². The van der Waals surface area contributed by atoms with Crippen LogP contribution in [0, 0.1) is 28.6 Å². The highest BCUT2D eigenvalue weighted by atomic mass is 16.5. The highest BCUT2D eigenvalue weighted by Gasteiger charge is 2.65. The second kappa shape index (κ2) is 6.57. The van der Waals surface area contributed by atoms with E-state index < -0.39 is 17.1 Å². The molecule has 5 heteroatoms. The van der Waals surface area contributed by atoms with Gasteiger partial charge in [0.2, 0.25) is 0 Å². The summed E-state index contributed by atoms with van der Waals surface area (Å²) in [7, 11) is 0. The standard InChI is InChI=1S/C22H34O5/c1-3-27-19(25)18-5-4-16-15-7-11-22(26)12-14(24)6-10-21(22,13-23)17(15)8-9-20(16,18)2/h4,14-15,17-18,23-24,26H,3,5-13H2,1-2H3/t14-,15+,17-,18+,20+,21+,22+/m1/s1. The number of carbonyl (C=O) groups is 1. The van der Waals surface area contributed by atoms with Gasteiger partial charge < -0.3 is 20.1 Å². The van der Waals surface area contributed by atoms with Crippen LogP contribution in [0.3, 0.4) is 0 Å². The van der Waals surface area contributed by atoms with Crippen molar-refractivity contribution >= 4 is 5.97 Å². The molecular formula is C22H34O5. The van der Waals surface area contributed by atoms with Crippen molar-refractivity contribution in [3.05, 3.63) is 11.6 Å². The lowest BCUT2D eigenvalue weighted by Crippen LogP contribution is -2.64. The van der Waals surface area contributed by atoms with Crippen molar-refractivity contribution < 1.29 is 24.9 Å². The lowest BCUT2D eigenvalue weighted by Gasteiger charge is -2.63. The third-order valence-electron chi connectivity index (χ3n) is 8.72. The summed E-state index contributed by atoms with van der Waals surface area (Å²) in [5.41, 5.74) is -0.307. The molecule has 5 nitrogen and oxygen atoms in total. The number of hydrogen-bond donors (Lipinski definition) is 3. The smallest absolute Gasteiger partial charge is 0.310 e. The second-order valence-corrected chi connectivity index (χ2v) is 9.65. The largest absolute Gasteiger partial charge is 0.466 e. The van der Waals surface area contributed by atoms with Gasteiger partial charge in [0.25, 0.3) is 0 Å². The maximum absolute atomic E-state index is 12.5. The molecule has 0 aromatic rings. The number of fused-ring (bicyclic) bond motifs is 5. The topological polar surface area (TPSA) is 87.0 Å². The molecule has 3 N–H and O–H groups in total. The van der Waals surface area contributed by atoms with Gasteiger partial charge in [-0.2, -0.15) is 0 Å². The molecule has 0 saturated heterocycles. The SMILES string of the molecule is CCOC(=O)[C@@H]1CC=C2[C@@H]3CC[C@]4(O)C[C@H](O)CC[C@]4(CO)[C@@H]3CC[C@@]21C. The Kier molecular flexibility index (Phi) is 4.72. The van der Waals surface area contributed by atoms with Gasteiger partial charge in [-0.15, -0.1) is 0 Å². The fourth-order valence-corrected chi connectivity index (χ4v) is 7.29. The Morgan fingerprint density at radius 3 is 2.74 bits per heavy atom. The zero-order valence-electron chi connectivity index (χ0n) is 16.6. The fourth-order valence-electron chi connectivity index (χ4n) is 7.29. The van der Waals surface area contributed by atoms with Crippen LogP contribution in [0.25, 0.3) is 0 Å². The van der Waals surface area contributed by atoms with E-state index in [9.17, 15) is 20.1 Å². The normalized spacial score (nSPS) is 48.9. The summed E-state index contributed by atoms with van der Waals surface area (Å²) in [6, 6.07) is 0. The van der Waals surface area contributed by atoms with Crippen LogP contribution in [-0.4, -0.2) is 46.2 Å². The third-order valence-corrected chi connectivity index (χ3v) is 8.72. The summed E-state index contributed by atoms with van der Waals surface area (Å²) in [6.45, 7) is 4.45. The molecule has 0 heterocycles. The molecular weight excluding hydrogens is 344 g/mol. The molecule has 4 aliphatic carbocycles. The minimum Gasteiger partial charge on any atom is -0.466 e. The van der Waals surface area contributed by atoms with Crippen molar-refractivity contribution in [3.8, 4) is 0 Å². The van der Waals surface area contributed by atoms with E-state index in [4.69, 9.17) is 4.74 Å². The summed E-state index contributed by atoms with van der Waals surface area (Å²) in [6.07, 6.45) is 7.50. The van der Waals surface area contributed by atoms with Crippen LogP contribution in [0.5, 0.6) is 0 Å². The van der Waals surface area contributed by atoms with Gasteiger partial charge in [-0.25, -0.2) is 0 Å². The number of esters is 1. The van der Waals surface area contributed by atoms with Crippen molar-refractivity contribution in [1.82, 2.24) is 0 Å². The van der Waals surface area contributed by atoms with Gasteiger partial charge in [0.15, 0.2) is 0 Å². The Labute approximate surface area is 161 Å². The Bertz CT molecular complexity index is 645. The lowest BCUT2D eigenvalue weighted by atomic mass is 9.44. The van der Waals surface area contributed by atoms with E-state index in [-0.39, 0.29) is 29.8 Å². The number of aliphatic hydroxyl groups is 3. The van der Waals surface area contributed by atoms with Crippen molar-refractivity contribution in [2.75, 3.05) is 13.2 Å². The first-order chi connectivity index (χ1) is 12.8. The molecule has 0 aromatic carbocycles. The summed E-state index contributed by atoms with van der Waals surface area (Å²) in [5.74, 6) is 0.335. The number of carbonyl (C=O) groups excluding carboxylic acids is 1. The van der Waals surface area contributed by atoms with Crippen LogP contribution in [0.4, 0.5) is 0 Å². The molecule has 3 fully saturated rings. The van der Waals surface area contributed by atoms with Gasteiger partial charge in [0, 0.05) is 17.3 Å². The maximum Gasteiger partial charge on any atom is 0.310 e. The molecule has 7 atom stereocenters. The molecule has 0 unspecified atom stereocenters. The second-order valence-electron chi connectivity index (χ2n) is 9.65. The molecule has 0 spiro atoms. The van der Waals surface area contributed by atoms with Crippen molar-refractivity contribution in [2.45, 2.75) is 76.9 Å². The first-order valence-electron chi connectivity index (χ1n) is 10.7. The Morgan fingerprint density at radius 1 is 1.26 bits per heavy atom. The Hall–Kier alpha value is -0.910. The predicted molar refractivity (Wildman–Crippen MR) is 101 cm³/mol. The van der Waals surface area contributed by atoms with Crippen LogP contribution in [0.15, 0.2) is 11.6 Å². The molecule has 3 saturated carbocycles. The third kappa shape index (κ3) is 2.57. The maximum atomic E-state index is 12.5. The molecule has 0 aromatic heterocycles. The van der Waals surface area contributed by atoms with Gasteiger partial charge in [0.05, 0.1) is 30.8 Å². The van der Waals surface area contributed by atoms with Crippen molar-refractivity contribution in [1.29, 1.82) is 0 Å². The van der Waals surface area contributed by atoms with E-state index in [0.717, 1.165) is 25.7 Å². The molecule has 4 aliphatic rings. The molecule has 0 aliphatic heterocycles. The first-order valence-corrected chi connectivity index (χ1v) is 10.7. The van der Waals surface area contributed by atoms with Gasteiger partial charge >= 0.3 is 5.97 Å². The minimum absolute atomic E-state index is 0.0251. The highest BCUT2D eigenvalue weighted by Crippen LogP contribution is 2.67. The summed E-state index contributed by atoms with van der Waals surface area (Å²) in [5, 5.41) is 32.1. The van der Waals surface area contributed by atoms with E-state index in [1.165, 1.54) is 5.57 Å². The van der Waals surface area contributed by atoms with Gasteiger partial charge in [0.1, 0.15) is 0 Å². The molecule has 27 heavy (non-hydrogen) atoms. The summed E-state index contributed by atoms with van der Waals surface area (Å²) < 4.78 is 5.35. The van der Waals surface area contributed by atoms with E-state index >= 15 is 0 Å². The van der Waals surface area contributed by atoms with Crippen molar-refractivity contribution in [3.63, 3.8) is 0 Å². The van der Waals surface area contributed by atoms with Crippen molar-refractivity contribution in [2.24, 2.45) is 28.6 Å². The Morgan fingerprint density at radius 2 is 2.04 bits per heavy atom. The minimum atomic E-state index is -0.978. The van der Waals surface area contributed by atoms with Crippen LogP contribution in [-0.2, 0) is 9.53 Å². The summed E-state index contributed by atoms with van der Waals surface area (Å²) >= 11 is 0. The van der Waals surface area contributed by atoms with E-state index in [0.29, 0.717) is 38.2 Å². The molecule has 152 valence electrons.